The summed E-state index contributed by atoms with van der Waals surface area (Å²) < 4.78 is 11.1. The summed E-state index contributed by atoms with van der Waals surface area (Å²) in [5.41, 5.74) is 9.31. The lowest BCUT2D eigenvalue weighted by molar-refractivity contribution is 0.0452. The fourth-order valence-corrected chi connectivity index (χ4v) is 2.15. The molecule has 0 aliphatic heterocycles. The zero-order chi connectivity index (χ0) is 14.4. The van der Waals surface area contributed by atoms with Crippen LogP contribution in [0.2, 0.25) is 0 Å². The SMILES string of the molecule is COc1ccc(COC(CN)c2ccccc2C)cc1. The summed E-state index contributed by atoms with van der Waals surface area (Å²) in [7, 11) is 1.66. The molecule has 0 radical (unpaired) electrons. The maximum Gasteiger partial charge on any atom is 0.118 e. The molecule has 1 atom stereocenters. The van der Waals surface area contributed by atoms with E-state index in [1.54, 1.807) is 7.11 Å². The van der Waals surface area contributed by atoms with Gasteiger partial charge in [-0.25, -0.2) is 0 Å². The predicted octanol–water partition coefficient (Wildman–Crippen LogP) is 3.22. The molecule has 0 aliphatic carbocycles. The van der Waals surface area contributed by atoms with Crippen molar-refractivity contribution >= 4 is 0 Å². The molecule has 0 saturated heterocycles. The second-order valence-electron chi connectivity index (χ2n) is 4.74. The van der Waals surface area contributed by atoms with Crippen LogP contribution in [-0.4, -0.2) is 13.7 Å². The summed E-state index contributed by atoms with van der Waals surface area (Å²) in [6.45, 7) is 3.09. The lowest BCUT2D eigenvalue weighted by Gasteiger charge is -2.18. The van der Waals surface area contributed by atoms with Crippen LogP contribution in [0, 0.1) is 6.92 Å². The molecule has 0 bridgehead atoms. The van der Waals surface area contributed by atoms with Gasteiger partial charge in [-0.1, -0.05) is 36.4 Å². The van der Waals surface area contributed by atoms with Gasteiger partial charge in [0, 0.05) is 6.54 Å². The van der Waals surface area contributed by atoms with Gasteiger partial charge in [0.05, 0.1) is 19.8 Å². The second-order valence-corrected chi connectivity index (χ2v) is 4.74. The third kappa shape index (κ3) is 3.59. The highest BCUT2D eigenvalue weighted by Crippen LogP contribution is 2.22. The van der Waals surface area contributed by atoms with Crippen LogP contribution in [-0.2, 0) is 11.3 Å². The number of rotatable bonds is 6. The molecule has 3 nitrogen and oxygen atoms in total. The molecular weight excluding hydrogens is 250 g/mol. The van der Waals surface area contributed by atoms with Crippen molar-refractivity contribution in [1.82, 2.24) is 0 Å². The molecule has 0 saturated carbocycles. The highest BCUT2D eigenvalue weighted by Gasteiger charge is 2.12. The first-order valence-corrected chi connectivity index (χ1v) is 6.74. The average molecular weight is 271 g/mol. The fraction of sp³-hybridized carbons (Fsp3) is 0.294. The maximum absolute atomic E-state index is 5.95. The smallest absolute Gasteiger partial charge is 0.118 e. The van der Waals surface area contributed by atoms with Crippen molar-refractivity contribution in [2.45, 2.75) is 19.6 Å². The van der Waals surface area contributed by atoms with Crippen LogP contribution in [0.15, 0.2) is 48.5 Å². The lowest BCUT2D eigenvalue weighted by Crippen LogP contribution is -2.16. The molecule has 0 heterocycles. The molecule has 0 fully saturated rings. The topological polar surface area (TPSA) is 44.5 Å². The zero-order valence-corrected chi connectivity index (χ0v) is 12.0. The highest BCUT2D eigenvalue weighted by atomic mass is 16.5. The predicted molar refractivity (Wildman–Crippen MR) is 80.8 cm³/mol. The number of benzene rings is 2. The highest BCUT2D eigenvalue weighted by molar-refractivity contribution is 5.29. The Morgan fingerprint density at radius 3 is 2.35 bits per heavy atom. The van der Waals surface area contributed by atoms with Crippen LogP contribution < -0.4 is 10.5 Å². The van der Waals surface area contributed by atoms with Crippen molar-refractivity contribution in [1.29, 1.82) is 0 Å². The molecule has 106 valence electrons. The van der Waals surface area contributed by atoms with E-state index in [2.05, 4.69) is 19.1 Å². The van der Waals surface area contributed by atoms with Crippen molar-refractivity contribution in [3.63, 3.8) is 0 Å². The average Bonchev–Trinajstić information content (AvgIpc) is 2.50. The van der Waals surface area contributed by atoms with E-state index in [0.29, 0.717) is 13.2 Å². The summed E-state index contributed by atoms with van der Waals surface area (Å²) in [6, 6.07) is 16.1. The maximum atomic E-state index is 5.95. The molecule has 0 amide bonds. The van der Waals surface area contributed by atoms with Gasteiger partial charge in [0.2, 0.25) is 0 Å². The van der Waals surface area contributed by atoms with E-state index in [4.69, 9.17) is 15.2 Å². The van der Waals surface area contributed by atoms with Gasteiger partial charge in [0.25, 0.3) is 0 Å². The minimum absolute atomic E-state index is 0.0710. The quantitative estimate of drug-likeness (QED) is 0.877. The van der Waals surface area contributed by atoms with Crippen molar-refractivity contribution in [3.8, 4) is 5.75 Å². The summed E-state index contributed by atoms with van der Waals surface area (Å²) >= 11 is 0. The van der Waals surface area contributed by atoms with Gasteiger partial charge in [-0.05, 0) is 35.7 Å². The lowest BCUT2D eigenvalue weighted by atomic mass is 10.0. The second kappa shape index (κ2) is 7.08. The Morgan fingerprint density at radius 1 is 1.05 bits per heavy atom. The third-order valence-corrected chi connectivity index (χ3v) is 3.36. The van der Waals surface area contributed by atoms with Crippen molar-refractivity contribution in [2.75, 3.05) is 13.7 Å². The Hall–Kier alpha value is -1.84. The van der Waals surface area contributed by atoms with Gasteiger partial charge in [0.15, 0.2) is 0 Å². The minimum atomic E-state index is -0.0710. The Labute approximate surface area is 120 Å². The normalized spacial score (nSPS) is 12.2. The summed E-state index contributed by atoms with van der Waals surface area (Å²) in [5.74, 6) is 0.850. The summed E-state index contributed by atoms with van der Waals surface area (Å²) in [6.07, 6.45) is -0.0710. The Bertz CT molecular complexity index is 537. The zero-order valence-electron chi connectivity index (χ0n) is 12.0. The largest absolute Gasteiger partial charge is 0.497 e. The van der Waals surface area contributed by atoms with Crippen LogP contribution >= 0.6 is 0 Å². The van der Waals surface area contributed by atoms with Crippen LogP contribution in [0.1, 0.15) is 22.8 Å². The standard InChI is InChI=1S/C17H21NO2/c1-13-5-3-4-6-16(13)17(11-18)20-12-14-7-9-15(19-2)10-8-14/h3-10,17H,11-12,18H2,1-2H3. The molecule has 0 spiro atoms. The molecule has 1 unspecified atom stereocenters. The van der Waals surface area contributed by atoms with Crippen molar-refractivity contribution in [2.24, 2.45) is 5.73 Å². The van der Waals surface area contributed by atoms with E-state index < -0.39 is 0 Å². The molecule has 0 aliphatic rings. The number of hydrogen-bond donors (Lipinski definition) is 1. The molecule has 2 aromatic carbocycles. The number of hydrogen-bond acceptors (Lipinski definition) is 3. The molecule has 2 rings (SSSR count). The van der Waals surface area contributed by atoms with E-state index in [1.165, 1.54) is 5.56 Å². The van der Waals surface area contributed by atoms with Crippen LogP contribution in [0.5, 0.6) is 5.75 Å². The first-order valence-electron chi connectivity index (χ1n) is 6.74. The Kier molecular flexibility index (Phi) is 5.16. The van der Waals surface area contributed by atoms with Gasteiger partial charge in [-0.15, -0.1) is 0 Å². The van der Waals surface area contributed by atoms with Gasteiger partial charge >= 0.3 is 0 Å². The molecule has 20 heavy (non-hydrogen) atoms. The molecular formula is C17H21NO2. The third-order valence-electron chi connectivity index (χ3n) is 3.36. The van der Waals surface area contributed by atoms with Gasteiger partial charge in [-0.2, -0.15) is 0 Å². The Balaban J connectivity index is 2.02. The Morgan fingerprint density at radius 2 is 1.75 bits per heavy atom. The molecule has 3 heteroatoms. The number of methoxy groups -OCH3 is 1. The van der Waals surface area contributed by atoms with Gasteiger partial charge in [0.1, 0.15) is 5.75 Å². The van der Waals surface area contributed by atoms with E-state index >= 15 is 0 Å². The molecule has 2 N–H and O–H groups in total. The van der Waals surface area contributed by atoms with Crippen LogP contribution in [0.3, 0.4) is 0 Å². The molecule has 2 aromatic rings. The monoisotopic (exact) mass is 271 g/mol. The number of nitrogens with two attached hydrogens (primary N) is 1. The van der Waals surface area contributed by atoms with Crippen LogP contribution in [0.4, 0.5) is 0 Å². The van der Waals surface area contributed by atoms with E-state index in [-0.39, 0.29) is 6.10 Å². The minimum Gasteiger partial charge on any atom is -0.497 e. The first-order chi connectivity index (χ1) is 9.74. The number of aryl methyl sites for hydroxylation is 1. The van der Waals surface area contributed by atoms with Gasteiger partial charge in [-0.3, -0.25) is 0 Å². The van der Waals surface area contributed by atoms with Gasteiger partial charge < -0.3 is 15.2 Å². The van der Waals surface area contributed by atoms with E-state index in [0.717, 1.165) is 16.9 Å². The number of ether oxygens (including phenoxy) is 2. The van der Waals surface area contributed by atoms with E-state index in [1.807, 2.05) is 36.4 Å². The van der Waals surface area contributed by atoms with E-state index in [9.17, 15) is 0 Å². The van der Waals surface area contributed by atoms with Crippen molar-refractivity contribution < 1.29 is 9.47 Å². The van der Waals surface area contributed by atoms with Crippen molar-refractivity contribution in [3.05, 3.63) is 65.2 Å². The summed E-state index contributed by atoms with van der Waals surface area (Å²) in [5, 5.41) is 0. The molecule has 0 aromatic heterocycles. The first kappa shape index (κ1) is 14.6. The van der Waals surface area contributed by atoms with Crippen LogP contribution in [0.25, 0.3) is 0 Å². The summed E-state index contributed by atoms with van der Waals surface area (Å²) in [4.78, 5) is 0. The fourth-order valence-electron chi connectivity index (χ4n) is 2.15.